The lowest BCUT2D eigenvalue weighted by atomic mass is 9.81. The van der Waals surface area contributed by atoms with E-state index in [-0.39, 0.29) is 23.7 Å². The highest BCUT2D eigenvalue weighted by molar-refractivity contribution is 5.99. The number of carbonyl (C=O) groups excluding carboxylic acids is 2. The molecule has 90 valence electrons. The van der Waals surface area contributed by atoms with Crippen LogP contribution in [0.4, 0.5) is 0 Å². The molecule has 0 aromatic heterocycles. The Morgan fingerprint density at radius 1 is 1.35 bits per heavy atom. The molecule has 1 aliphatic rings. The molecule has 2 unspecified atom stereocenters. The molecule has 1 heterocycles. The average molecular weight is 233 g/mol. The fraction of sp³-hybridized carbons (Fsp3) is 0.385. The molecule has 0 bridgehead atoms. The van der Waals surface area contributed by atoms with Crippen molar-refractivity contribution in [2.45, 2.75) is 19.3 Å². The van der Waals surface area contributed by atoms with E-state index in [1.165, 1.54) is 0 Å². The van der Waals surface area contributed by atoms with Gasteiger partial charge < -0.3 is 4.74 Å². The van der Waals surface area contributed by atoms with Crippen molar-refractivity contribution < 1.29 is 14.3 Å². The Kier molecular flexibility index (Phi) is 3.13. The second kappa shape index (κ2) is 4.57. The SMILES string of the molecule is COc1cccc(C2CC(=O)NC(=O)C2C)c1. The molecule has 0 radical (unpaired) electrons. The fourth-order valence-electron chi connectivity index (χ4n) is 2.14. The van der Waals surface area contributed by atoms with Gasteiger partial charge in [0.1, 0.15) is 5.75 Å². The monoisotopic (exact) mass is 233 g/mol. The van der Waals surface area contributed by atoms with E-state index in [1.54, 1.807) is 7.11 Å². The Labute approximate surface area is 100.0 Å². The number of ether oxygens (including phenoxy) is 1. The van der Waals surface area contributed by atoms with Crippen molar-refractivity contribution in [2.24, 2.45) is 5.92 Å². The van der Waals surface area contributed by atoms with Crippen molar-refractivity contribution in [3.63, 3.8) is 0 Å². The van der Waals surface area contributed by atoms with Crippen LogP contribution in [0.1, 0.15) is 24.8 Å². The van der Waals surface area contributed by atoms with Gasteiger partial charge in [-0.25, -0.2) is 0 Å². The number of rotatable bonds is 2. The second-order valence-electron chi connectivity index (χ2n) is 4.29. The van der Waals surface area contributed by atoms with Crippen LogP contribution in [-0.4, -0.2) is 18.9 Å². The Morgan fingerprint density at radius 2 is 2.12 bits per heavy atom. The Morgan fingerprint density at radius 3 is 2.82 bits per heavy atom. The Hall–Kier alpha value is -1.84. The van der Waals surface area contributed by atoms with Crippen LogP contribution in [0.2, 0.25) is 0 Å². The predicted molar refractivity (Wildman–Crippen MR) is 62.7 cm³/mol. The molecule has 2 rings (SSSR count). The summed E-state index contributed by atoms with van der Waals surface area (Å²) in [7, 11) is 1.60. The molecule has 0 aliphatic carbocycles. The van der Waals surface area contributed by atoms with Crippen molar-refractivity contribution >= 4 is 11.8 Å². The third-order valence-corrected chi connectivity index (χ3v) is 3.21. The minimum atomic E-state index is -0.207. The van der Waals surface area contributed by atoms with Gasteiger partial charge in [0.25, 0.3) is 0 Å². The largest absolute Gasteiger partial charge is 0.497 e. The molecule has 1 fully saturated rings. The summed E-state index contributed by atoms with van der Waals surface area (Å²) in [6, 6.07) is 7.53. The van der Waals surface area contributed by atoms with Gasteiger partial charge in [-0.15, -0.1) is 0 Å². The van der Waals surface area contributed by atoms with Crippen LogP contribution < -0.4 is 10.1 Å². The van der Waals surface area contributed by atoms with Gasteiger partial charge in [-0.2, -0.15) is 0 Å². The van der Waals surface area contributed by atoms with E-state index in [9.17, 15) is 9.59 Å². The van der Waals surface area contributed by atoms with Gasteiger partial charge in [0.15, 0.2) is 0 Å². The minimum Gasteiger partial charge on any atom is -0.497 e. The smallest absolute Gasteiger partial charge is 0.230 e. The molecule has 17 heavy (non-hydrogen) atoms. The maximum atomic E-state index is 11.6. The van der Waals surface area contributed by atoms with Crippen LogP contribution in [0.3, 0.4) is 0 Å². The average Bonchev–Trinajstić information content (AvgIpc) is 2.34. The molecule has 2 atom stereocenters. The summed E-state index contributed by atoms with van der Waals surface area (Å²) in [5.74, 6) is 0.0780. The van der Waals surface area contributed by atoms with Gasteiger partial charge in [-0.1, -0.05) is 19.1 Å². The highest BCUT2D eigenvalue weighted by Gasteiger charge is 2.33. The van der Waals surface area contributed by atoms with Crippen LogP contribution in [0, 0.1) is 5.92 Å². The summed E-state index contributed by atoms with van der Waals surface area (Å²) in [6.45, 7) is 1.84. The molecule has 1 saturated heterocycles. The first-order valence-electron chi connectivity index (χ1n) is 5.59. The number of hydrogen-bond donors (Lipinski definition) is 1. The number of piperidine rings is 1. The lowest BCUT2D eigenvalue weighted by Gasteiger charge is -2.27. The van der Waals surface area contributed by atoms with E-state index in [2.05, 4.69) is 5.32 Å². The number of hydrogen-bond acceptors (Lipinski definition) is 3. The van der Waals surface area contributed by atoms with Crippen molar-refractivity contribution in [1.82, 2.24) is 5.32 Å². The van der Waals surface area contributed by atoms with Gasteiger partial charge in [-0.05, 0) is 17.7 Å². The van der Waals surface area contributed by atoms with Crippen molar-refractivity contribution in [3.05, 3.63) is 29.8 Å². The maximum absolute atomic E-state index is 11.6. The molecule has 0 spiro atoms. The standard InChI is InChI=1S/C13H15NO3/c1-8-11(7-12(15)14-13(8)16)9-4-3-5-10(6-9)17-2/h3-6,8,11H,7H2,1-2H3,(H,14,15,16). The second-order valence-corrected chi connectivity index (χ2v) is 4.29. The zero-order valence-corrected chi connectivity index (χ0v) is 9.90. The first-order chi connectivity index (χ1) is 8.11. The third kappa shape index (κ3) is 2.30. The maximum Gasteiger partial charge on any atom is 0.230 e. The third-order valence-electron chi connectivity index (χ3n) is 3.21. The van der Waals surface area contributed by atoms with E-state index in [0.29, 0.717) is 6.42 Å². The normalized spacial score (nSPS) is 24.4. The predicted octanol–water partition coefficient (Wildman–Crippen LogP) is 1.46. The van der Waals surface area contributed by atoms with E-state index >= 15 is 0 Å². The number of benzene rings is 1. The molecule has 4 nitrogen and oxygen atoms in total. The molecular weight excluding hydrogens is 218 g/mol. The number of amides is 2. The molecular formula is C13H15NO3. The lowest BCUT2D eigenvalue weighted by Crippen LogP contribution is -2.43. The molecule has 1 N–H and O–H groups in total. The summed E-state index contributed by atoms with van der Waals surface area (Å²) in [6.07, 6.45) is 0.347. The van der Waals surface area contributed by atoms with Crippen molar-refractivity contribution in [2.75, 3.05) is 7.11 Å². The lowest BCUT2D eigenvalue weighted by molar-refractivity contribution is -0.136. The number of imide groups is 1. The van der Waals surface area contributed by atoms with E-state index in [0.717, 1.165) is 11.3 Å². The van der Waals surface area contributed by atoms with E-state index in [4.69, 9.17) is 4.74 Å². The summed E-state index contributed by atoms with van der Waals surface area (Å²) >= 11 is 0. The Balaban J connectivity index is 2.30. The van der Waals surface area contributed by atoms with Crippen LogP contribution in [0.15, 0.2) is 24.3 Å². The first kappa shape index (κ1) is 11.6. The summed E-state index contributed by atoms with van der Waals surface area (Å²) in [5.41, 5.74) is 0.972. The number of nitrogens with one attached hydrogen (secondary N) is 1. The quantitative estimate of drug-likeness (QED) is 0.787. The molecule has 0 saturated carbocycles. The number of methoxy groups -OCH3 is 1. The van der Waals surface area contributed by atoms with Gasteiger partial charge >= 0.3 is 0 Å². The van der Waals surface area contributed by atoms with E-state index in [1.807, 2.05) is 31.2 Å². The minimum absolute atomic E-state index is 0.0636. The van der Waals surface area contributed by atoms with Gasteiger partial charge in [-0.3, -0.25) is 14.9 Å². The molecule has 4 heteroatoms. The van der Waals surface area contributed by atoms with Gasteiger partial charge in [0.05, 0.1) is 7.11 Å². The van der Waals surface area contributed by atoms with Crippen molar-refractivity contribution in [1.29, 1.82) is 0 Å². The Bertz CT molecular complexity index is 456. The molecule has 1 aromatic rings. The van der Waals surface area contributed by atoms with Crippen LogP contribution >= 0.6 is 0 Å². The van der Waals surface area contributed by atoms with Gasteiger partial charge in [0, 0.05) is 18.3 Å². The highest BCUT2D eigenvalue weighted by atomic mass is 16.5. The van der Waals surface area contributed by atoms with Crippen LogP contribution in [0.5, 0.6) is 5.75 Å². The topological polar surface area (TPSA) is 55.4 Å². The van der Waals surface area contributed by atoms with Crippen LogP contribution in [-0.2, 0) is 9.59 Å². The van der Waals surface area contributed by atoms with Gasteiger partial charge in [0.2, 0.25) is 11.8 Å². The summed E-state index contributed by atoms with van der Waals surface area (Å²) in [4.78, 5) is 23.0. The fourth-order valence-corrected chi connectivity index (χ4v) is 2.14. The molecule has 1 aromatic carbocycles. The van der Waals surface area contributed by atoms with Crippen LogP contribution in [0.25, 0.3) is 0 Å². The highest BCUT2D eigenvalue weighted by Crippen LogP contribution is 2.32. The molecule has 1 aliphatic heterocycles. The first-order valence-corrected chi connectivity index (χ1v) is 5.59. The summed E-state index contributed by atoms with van der Waals surface area (Å²) < 4.78 is 5.15. The molecule has 2 amide bonds. The zero-order valence-electron chi connectivity index (χ0n) is 9.90. The van der Waals surface area contributed by atoms with E-state index < -0.39 is 0 Å². The summed E-state index contributed by atoms with van der Waals surface area (Å²) in [5, 5.41) is 2.35. The number of carbonyl (C=O) groups is 2. The zero-order chi connectivity index (χ0) is 12.4. The van der Waals surface area contributed by atoms with Crippen molar-refractivity contribution in [3.8, 4) is 5.75 Å².